The molecule has 1 atom stereocenters. The van der Waals surface area contributed by atoms with E-state index in [-0.39, 0.29) is 0 Å². The molecule has 0 saturated carbocycles. The lowest BCUT2D eigenvalue weighted by atomic mass is 10.5. The quantitative estimate of drug-likeness (QED) is 0.597. The third kappa shape index (κ3) is 3.92. The second-order valence-corrected chi connectivity index (χ2v) is 6.79. The second-order valence-electron chi connectivity index (χ2n) is 1.45. The van der Waals surface area contributed by atoms with Crippen LogP contribution in [0.4, 0.5) is 13.2 Å². The summed E-state index contributed by atoms with van der Waals surface area (Å²) in [6, 6.07) is 0. The fourth-order valence-corrected chi connectivity index (χ4v) is 1.69. The molecule has 0 spiro atoms. The fraction of sp³-hybridized carbons (Fsp3) is 1.00. The van der Waals surface area contributed by atoms with Gasteiger partial charge in [-0.3, -0.25) is 0 Å². The Morgan fingerprint density at radius 1 is 1.00 bits per heavy atom. The smallest absolute Gasteiger partial charge is 0.217 e. The van der Waals surface area contributed by atoms with Crippen LogP contribution in [-0.4, -0.2) is 13.1 Å². The van der Waals surface area contributed by atoms with Gasteiger partial charge in [-0.15, -0.1) is 0 Å². The maximum Gasteiger partial charge on any atom is 0.318 e. The molecule has 0 nitrogen and oxygen atoms in total. The van der Waals surface area contributed by atoms with Crippen molar-refractivity contribution in [3.8, 4) is 0 Å². The van der Waals surface area contributed by atoms with E-state index in [0.29, 0.717) is 0 Å². The van der Waals surface area contributed by atoms with E-state index in [9.17, 15) is 13.2 Å². The summed E-state index contributed by atoms with van der Waals surface area (Å²) in [5.41, 5.74) is 0. The molecule has 10 heavy (non-hydrogen) atoms. The van der Waals surface area contributed by atoms with Crippen LogP contribution < -0.4 is 0 Å². The molecular weight excluding hydrogens is 413 g/mol. The Kier molecular flexibility index (Phi) is 4.23. The number of alkyl halides is 7. The molecule has 0 aromatic heterocycles. The van der Waals surface area contributed by atoms with E-state index in [1.165, 1.54) is 0 Å². The molecule has 0 saturated heterocycles. The van der Waals surface area contributed by atoms with Crippen LogP contribution in [0.25, 0.3) is 0 Å². The Bertz CT molecular complexity index is 99.9. The number of hydrogen-bond donors (Lipinski definition) is 0. The summed E-state index contributed by atoms with van der Waals surface area (Å²) in [7, 11) is 0. The Hall–Kier alpha value is 1.71. The van der Waals surface area contributed by atoms with Gasteiger partial charge in [0.2, 0.25) is 3.49 Å². The summed E-state index contributed by atoms with van der Waals surface area (Å²) in [5, 5.41) is 0. The molecule has 0 heterocycles. The van der Waals surface area contributed by atoms with E-state index >= 15 is 0 Å². The molecular formula is C3HBr4F3. The van der Waals surface area contributed by atoms with Crippen molar-refractivity contribution in [3.05, 3.63) is 0 Å². The van der Waals surface area contributed by atoms with Crippen molar-refractivity contribution in [1.82, 2.24) is 0 Å². The molecule has 7 heteroatoms. The highest BCUT2D eigenvalue weighted by molar-refractivity contribution is 9.26. The van der Waals surface area contributed by atoms with Crippen LogP contribution in [0.1, 0.15) is 0 Å². The van der Waals surface area contributed by atoms with Crippen LogP contribution in [-0.2, 0) is 0 Å². The normalized spacial score (nSPS) is 17.1. The number of halogens is 7. The highest BCUT2D eigenvalue weighted by Crippen LogP contribution is 2.46. The van der Waals surface area contributed by atoms with E-state index < -0.39 is 13.1 Å². The summed E-state index contributed by atoms with van der Waals surface area (Å²) in [6.45, 7) is 0. The van der Waals surface area contributed by atoms with Crippen LogP contribution in [0.15, 0.2) is 0 Å². The lowest BCUT2D eigenvalue weighted by Crippen LogP contribution is -2.33. The molecule has 0 aliphatic rings. The highest BCUT2D eigenvalue weighted by Gasteiger charge is 2.48. The first kappa shape index (κ1) is 11.7. The van der Waals surface area contributed by atoms with E-state index in [0.717, 1.165) is 0 Å². The Morgan fingerprint density at radius 2 is 1.30 bits per heavy atom. The van der Waals surface area contributed by atoms with Crippen molar-refractivity contribution >= 4 is 63.7 Å². The Balaban J connectivity index is 4.23. The minimum Gasteiger partial charge on any atom is -0.217 e. The molecule has 0 rings (SSSR count). The van der Waals surface area contributed by atoms with Crippen LogP contribution in [0.3, 0.4) is 0 Å². The summed E-state index contributed by atoms with van der Waals surface area (Å²) < 4.78 is 34.6. The van der Waals surface area contributed by atoms with Crippen molar-refractivity contribution in [3.63, 3.8) is 0 Å². The van der Waals surface area contributed by atoms with Gasteiger partial charge in [0.05, 0.1) is 0 Å². The van der Waals surface area contributed by atoms with Crippen LogP contribution in [0.2, 0.25) is 0 Å². The topological polar surface area (TPSA) is 0 Å². The summed E-state index contributed by atoms with van der Waals surface area (Å²) in [4.78, 5) is -4.97. The maximum absolute atomic E-state index is 12.6. The average Bonchev–Trinajstić information content (AvgIpc) is 1.59. The molecule has 0 aliphatic heterocycles. The minimum atomic E-state index is -3.30. The van der Waals surface area contributed by atoms with Crippen molar-refractivity contribution in [2.24, 2.45) is 0 Å². The van der Waals surface area contributed by atoms with Gasteiger partial charge in [0.1, 0.15) is 4.83 Å². The first-order valence-electron chi connectivity index (χ1n) is 1.93. The van der Waals surface area contributed by atoms with Gasteiger partial charge in [-0.2, -0.15) is 8.78 Å². The highest BCUT2D eigenvalue weighted by atomic mass is 79.9. The van der Waals surface area contributed by atoms with Crippen molar-refractivity contribution in [2.45, 2.75) is 13.1 Å². The molecule has 0 aliphatic carbocycles. The SMILES string of the molecule is FC(F)(Br)C(Br)C(F)(Br)Br. The molecule has 0 N–H and O–H groups in total. The number of rotatable bonds is 2. The summed E-state index contributed by atoms with van der Waals surface area (Å²) >= 11 is 9.20. The summed E-state index contributed by atoms with van der Waals surface area (Å²) in [5.74, 6) is 0. The predicted octanol–water partition coefficient (Wildman–Crippen LogP) is 4.15. The van der Waals surface area contributed by atoms with Crippen LogP contribution in [0, 0.1) is 0 Å². The van der Waals surface area contributed by atoms with Crippen molar-refractivity contribution < 1.29 is 13.2 Å². The fourth-order valence-electron chi connectivity index (χ4n) is 0.186. The molecule has 0 radical (unpaired) electrons. The largest absolute Gasteiger partial charge is 0.318 e. The molecule has 0 bridgehead atoms. The van der Waals surface area contributed by atoms with Crippen LogP contribution >= 0.6 is 63.7 Å². The minimum absolute atomic E-state index is 1.67. The molecule has 0 aromatic carbocycles. The zero-order valence-electron chi connectivity index (χ0n) is 4.22. The first-order chi connectivity index (χ1) is 4.15. The average molecular weight is 414 g/mol. The standard InChI is InChI=1S/C3HBr4F3/c4-1(2(5,6)8)3(7,9)10/h1H. The van der Waals surface area contributed by atoms with Crippen molar-refractivity contribution in [2.75, 3.05) is 0 Å². The number of hydrogen-bond acceptors (Lipinski definition) is 0. The van der Waals surface area contributed by atoms with E-state index in [2.05, 4.69) is 47.8 Å². The Morgan fingerprint density at radius 3 is 1.30 bits per heavy atom. The lowest BCUT2D eigenvalue weighted by Gasteiger charge is -2.21. The second kappa shape index (κ2) is 3.62. The first-order valence-corrected chi connectivity index (χ1v) is 5.22. The summed E-state index contributed by atoms with van der Waals surface area (Å²) in [6.07, 6.45) is 0. The molecule has 0 aromatic rings. The van der Waals surface area contributed by atoms with E-state index in [4.69, 9.17) is 0 Å². The van der Waals surface area contributed by atoms with Gasteiger partial charge in [0.15, 0.2) is 0 Å². The van der Waals surface area contributed by atoms with E-state index in [1.807, 2.05) is 15.9 Å². The zero-order valence-corrected chi connectivity index (χ0v) is 10.6. The monoisotopic (exact) mass is 410 g/mol. The van der Waals surface area contributed by atoms with Gasteiger partial charge >= 0.3 is 4.83 Å². The predicted molar refractivity (Wildman–Crippen MR) is 48.3 cm³/mol. The maximum atomic E-state index is 12.6. The third-order valence-corrected chi connectivity index (χ3v) is 5.00. The van der Waals surface area contributed by atoms with Gasteiger partial charge in [0.25, 0.3) is 0 Å². The van der Waals surface area contributed by atoms with Crippen LogP contribution in [0.5, 0.6) is 0 Å². The molecule has 0 fully saturated rings. The molecule has 1 unspecified atom stereocenters. The van der Waals surface area contributed by atoms with Gasteiger partial charge in [-0.25, -0.2) is 4.39 Å². The lowest BCUT2D eigenvalue weighted by molar-refractivity contribution is 0.0962. The van der Waals surface area contributed by atoms with E-state index in [1.54, 1.807) is 0 Å². The van der Waals surface area contributed by atoms with Gasteiger partial charge in [0, 0.05) is 0 Å². The third-order valence-electron chi connectivity index (χ3n) is 0.575. The van der Waals surface area contributed by atoms with Gasteiger partial charge in [-0.1, -0.05) is 15.9 Å². The van der Waals surface area contributed by atoms with Gasteiger partial charge in [-0.05, 0) is 47.8 Å². The zero-order chi connectivity index (χ0) is 8.58. The molecule has 0 amide bonds. The Labute approximate surface area is 89.4 Å². The van der Waals surface area contributed by atoms with Crippen molar-refractivity contribution in [1.29, 1.82) is 0 Å². The van der Waals surface area contributed by atoms with Gasteiger partial charge < -0.3 is 0 Å². The molecule has 62 valence electrons.